The molecule has 3 heteroatoms. The third kappa shape index (κ3) is 2.09. The van der Waals surface area contributed by atoms with E-state index in [2.05, 4.69) is 11.8 Å². The maximum absolute atomic E-state index is 11.5. The van der Waals surface area contributed by atoms with Crippen molar-refractivity contribution in [2.45, 2.75) is 12.8 Å². The zero-order valence-electron chi connectivity index (χ0n) is 10.1. The lowest BCUT2D eigenvalue weighted by molar-refractivity contribution is 0.112. The summed E-state index contributed by atoms with van der Waals surface area (Å²) in [5.41, 5.74) is 1.88. The standard InChI is InChI=1S/C16H10O3/c17-10-14-8-13-7-11-5-3-1-2-4-6-12(11)9-15(13)19-16(14)18/h1-2,7-10H,3,5H2/b2-1-. The molecule has 2 aromatic rings. The summed E-state index contributed by atoms with van der Waals surface area (Å²) in [4.78, 5) is 22.3. The molecule has 0 bridgehead atoms. The quantitative estimate of drug-likeness (QED) is 0.443. The summed E-state index contributed by atoms with van der Waals surface area (Å²) < 4.78 is 5.15. The van der Waals surface area contributed by atoms with Crippen molar-refractivity contribution in [2.75, 3.05) is 0 Å². The Hall–Kier alpha value is -2.60. The molecule has 1 aromatic heterocycles. The molecular formula is C16H10O3. The van der Waals surface area contributed by atoms with Crippen LogP contribution in [0.3, 0.4) is 0 Å². The molecule has 1 aliphatic rings. The summed E-state index contributed by atoms with van der Waals surface area (Å²) in [7, 11) is 0. The van der Waals surface area contributed by atoms with Gasteiger partial charge in [0.1, 0.15) is 11.1 Å². The molecule has 0 amide bonds. The van der Waals surface area contributed by atoms with Gasteiger partial charge < -0.3 is 4.42 Å². The van der Waals surface area contributed by atoms with Crippen molar-refractivity contribution in [2.24, 2.45) is 0 Å². The van der Waals surface area contributed by atoms with Gasteiger partial charge in [-0.2, -0.15) is 0 Å². The molecule has 92 valence electrons. The molecule has 1 aromatic carbocycles. The molecule has 3 rings (SSSR count). The van der Waals surface area contributed by atoms with Crippen molar-refractivity contribution in [3.63, 3.8) is 0 Å². The summed E-state index contributed by atoms with van der Waals surface area (Å²) in [6, 6.07) is 5.28. The van der Waals surface area contributed by atoms with Crippen LogP contribution in [-0.4, -0.2) is 6.29 Å². The van der Waals surface area contributed by atoms with Gasteiger partial charge in [0.25, 0.3) is 0 Å². The van der Waals surface area contributed by atoms with Crippen molar-refractivity contribution in [3.05, 3.63) is 57.5 Å². The number of benzene rings is 1. The molecule has 0 atom stereocenters. The van der Waals surface area contributed by atoms with Crippen molar-refractivity contribution >= 4 is 17.3 Å². The van der Waals surface area contributed by atoms with E-state index in [1.807, 2.05) is 18.2 Å². The Morgan fingerprint density at radius 2 is 2.16 bits per heavy atom. The molecule has 0 spiro atoms. The van der Waals surface area contributed by atoms with Crippen LogP contribution in [0.2, 0.25) is 0 Å². The van der Waals surface area contributed by atoms with Gasteiger partial charge in [0.05, 0.1) is 0 Å². The molecule has 0 aliphatic heterocycles. The van der Waals surface area contributed by atoms with Gasteiger partial charge in [-0.05, 0) is 42.7 Å². The van der Waals surface area contributed by atoms with E-state index in [-0.39, 0.29) is 5.56 Å². The fraction of sp³-hybridized carbons (Fsp3) is 0.125. The second kappa shape index (κ2) is 4.58. The minimum atomic E-state index is -0.610. The lowest BCUT2D eigenvalue weighted by Gasteiger charge is -2.07. The van der Waals surface area contributed by atoms with Gasteiger partial charge in [-0.15, -0.1) is 0 Å². The minimum Gasteiger partial charge on any atom is -0.422 e. The smallest absolute Gasteiger partial charge is 0.346 e. The summed E-state index contributed by atoms with van der Waals surface area (Å²) in [5.74, 6) is 5.98. The molecule has 0 radical (unpaired) electrons. The van der Waals surface area contributed by atoms with E-state index < -0.39 is 5.63 Å². The molecule has 1 heterocycles. The van der Waals surface area contributed by atoms with Gasteiger partial charge in [-0.1, -0.05) is 17.9 Å². The maximum Gasteiger partial charge on any atom is 0.346 e. The molecule has 1 aliphatic carbocycles. The van der Waals surface area contributed by atoms with Gasteiger partial charge in [0.15, 0.2) is 6.29 Å². The molecule has 0 saturated heterocycles. The molecule has 0 N–H and O–H groups in total. The van der Waals surface area contributed by atoms with E-state index in [0.29, 0.717) is 11.9 Å². The molecule has 0 saturated carbocycles. The SMILES string of the molecule is O=Cc1cc2cc3c(cc2oc1=O)C#C/C=C\CC3. The number of hydrogen-bond donors (Lipinski definition) is 0. The Labute approximate surface area is 109 Å². The van der Waals surface area contributed by atoms with E-state index in [1.165, 1.54) is 0 Å². The zero-order chi connectivity index (χ0) is 13.2. The van der Waals surface area contributed by atoms with Crippen LogP contribution < -0.4 is 5.63 Å². The zero-order valence-corrected chi connectivity index (χ0v) is 10.1. The highest BCUT2D eigenvalue weighted by Gasteiger charge is 2.09. The summed E-state index contributed by atoms with van der Waals surface area (Å²) in [6.07, 6.45) is 6.18. The highest BCUT2D eigenvalue weighted by Crippen LogP contribution is 2.21. The van der Waals surface area contributed by atoms with Crippen molar-refractivity contribution in [1.29, 1.82) is 0 Å². The van der Waals surface area contributed by atoms with Crippen LogP contribution >= 0.6 is 0 Å². The first-order valence-electron chi connectivity index (χ1n) is 6.00. The Bertz CT molecular complexity index is 813. The second-order valence-electron chi connectivity index (χ2n) is 4.36. The monoisotopic (exact) mass is 250 g/mol. The third-order valence-corrected chi connectivity index (χ3v) is 3.10. The van der Waals surface area contributed by atoms with Gasteiger partial charge in [-0.3, -0.25) is 4.79 Å². The van der Waals surface area contributed by atoms with Crippen LogP contribution in [0.4, 0.5) is 0 Å². The molecule has 19 heavy (non-hydrogen) atoms. The lowest BCUT2D eigenvalue weighted by Crippen LogP contribution is -2.06. The first-order valence-corrected chi connectivity index (χ1v) is 6.00. The van der Waals surface area contributed by atoms with Gasteiger partial charge >= 0.3 is 5.63 Å². The van der Waals surface area contributed by atoms with Crippen molar-refractivity contribution in [1.82, 2.24) is 0 Å². The van der Waals surface area contributed by atoms with Crippen molar-refractivity contribution < 1.29 is 9.21 Å². The average Bonchev–Trinajstić information content (AvgIpc) is 2.38. The van der Waals surface area contributed by atoms with Crippen LogP contribution in [-0.2, 0) is 6.42 Å². The highest BCUT2D eigenvalue weighted by atomic mass is 16.4. The summed E-state index contributed by atoms with van der Waals surface area (Å²) in [6.45, 7) is 0. The fourth-order valence-corrected chi connectivity index (χ4v) is 2.14. The maximum atomic E-state index is 11.5. The summed E-state index contributed by atoms with van der Waals surface area (Å²) >= 11 is 0. The topological polar surface area (TPSA) is 47.3 Å². The Morgan fingerprint density at radius 1 is 1.26 bits per heavy atom. The number of fused-ring (bicyclic) bond motifs is 2. The van der Waals surface area contributed by atoms with Crippen LogP contribution in [0.1, 0.15) is 27.9 Å². The average molecular weight is 250 g/mol. The number of aryl methyl sites for hydroxylation is 1. The van der Waals surface area contributed by atoms with Crippen LogP contribution in [0, 0.1) is 11.8 Å². The van der Waals surface area contributed by atoms with E-state index >= 15 is 0 Å². The molecule has 0 unspecified atom stereocenters. The predicted octanol–water partition coefficient (Wildman–Crippen LogP) is 2.46. The Kier molecular flexibility index (Phi) is 2.77. The highest BCUT2D eigenvalue weighted by molar-refractivity contribution is 5.85. The predicted molar refractivity (Wildman–Crippen MR) is 72.2 cm³/mol. The number of carbonyl (C=O) groups excluding carboxylic acids is 1. The second-order valence-corrected chi connectivity index (χ2v) is 4.36. The third-order valence-electron chi connectivity index (χ3n) is 3.10. The van der Waals surface area contributed by atoms with Crippen LogP contribution in [0.25, 0.3) is 11.0 Å². The number of allylic oxidation sites excluding steroid dienone is 2. The van der Waals surface area contributed by atoms with E-state index in [1.54, 1.807) is 12.1 Å². The minimum absolute atomic E-state index is 0.0456. The number of hydrogen-bond acceptors (Lipinski definition) is 3. The molecule has 0 fully saturated rings. The van der Waals surface area contributed by atoms with Crippen LogP contribution in [0.5, 0.6) is 0 Å². The largest absolute Gasteiger partial charge is 0.422 e. The van der Waals surface area contributed by atoms with Gasteiger partial charge in [-0.25, -0.2) is 4.79 Å². The molecule has 3 nitrogen and oxygen atoms in total. The number of rotatable bonds is 1. The normalized spacial score (nSPS) is 14.7. The van der Waals surface area contributed by atoms with E-state index in [9.17, 15) is 9.59 Å². The van der Waals surface area contributed by atoms with E-state index in [4.69, 9.17) is 4.42 Å². The summed E-state index contributed by atoms with van der Waals surface area (Å²) in [5, 5.41) is 0.756. The first-order chi connectivity index (χ1) is 9.28. The number of aldehydes is 1. The van der Waals surface area contributed by atoms with Crippen molar-refractivity contribution in [3.8, 4) is 11.8 Å². The first kappa shape index (κ1) is 11.5. The lowest BCUT2D eigenvalue weighted by atomic mass is 9.99. The van der Waals surface area contributed by atoms with Gasteiger partial charge in [0.2, 0.25) is 0 Å². The Balaban J connectivity index is 2.30. The van der Waals surface area contributed by atoms with E-state index in [0.717, 1.165) is 29.4 Å². The molecular weight excluding hydrogens is 240 g/mol. The number of carbonyl (C=O) groups is 1. The fourth-order valence-electron chi connectivity index (χ4n) is 2.14. The van der Waals surface area contributed by atoms with Crippen LogP contribution in [0.15, 0.2) is 39.6 Å². The van der Waals surface area contributed by atoms with Gasteiger partial charge in [0, 0.05) is 10.9 Å². The Morgan fingerprint density at radius 3 is 3.00 bits per heavy atom.